The standard InChI is InChI=1S/C28H32O2/c1-4-10-24(11-5-1)26-17-19-27(20-18-26)25-15-13-23(14-16-25)9-3-2-7-21-29-28-12-6-8-22-30-28/h1,4-5,10-11,13-20,28H,2-3,6-9,12,21-22H2. The molecular weight excluding hydrogens is 368 g/mol. The first kappa shape index (κ1) is 20.8. The number of benzene rings is 3. The number of hydrogen-bond acceptors (Lipinski definition) is 2. The Hall–Kier alpha value is -2.42. The molecule has 3 aromatic rings. The van der Waals surface area contributed by atoms with Crippen molar-refractivity contribution < 1.29 is 9.47 Å². The molecule has 1 saturated heterocycles. The maximum absolute atomic E-state index is 5.81. The molecule has 1 unspecified atom stereocenters. The lowest BCUT2D eigenvalue weighted by molar-refractivity contribution is -0.162. The van der Waals surface area contributed by atoms with E-state index >= 15 is 0 Å². The molecule has 1 aliphatic heterocycles. The first-order chi connectivity index (χ1) is 14.9. The van der Waals surface area contributed by atoms with Gasteiger partial charge in [0.2, 0.25) is 0 Å². The van der Waals surface area contributed by atoms with Gasteiger partial charge in [0, 0.05) is 13.2 Å². The van der Waals surface area contributed by atoms with Crippen LogP contribution in [0.25, 0.3) is 22.3 Å². The van der Waals surface area contributed by atoms with E-state index < -0.39 is 0 Å². The van der Waals surface area contributed by atoms with Gasteiger partial charge in [-0.15, -0.1) is 0 Å². The Bertz CT molecular complexity index is 863. The Labute approximate surface area is 180 Å². The highest BCUT2D eigenvalue weighted by Crippen LogP contribution is 2.25. The van der Waals surface area contributed by atoms with E-state index in [0.717, 1.165) is 32.5 Å². The zero-order valence-electron chi connectivity index (χ0n) is 17.8. The van der Waals surface area contributed by atoms with E-state index in [9.17, 15) is 0 Å². The fourth-order valence-corrected chi connectivity index (χ4v) is 4.01. The summed E-state index contributed by atoms with van der Waals surface area (Å²) in [6.45, 7) is 1.68. The van der Waals surface area contributed by atoms with E-state index in [0.29, 0.717) is 0 Å². The van der Waals surface area contributed by atoms with Crippen molar-refractivity contribution in [2.75, 3.05) is 13.2 Å². The van der Waals surface area contributed by atoms with E-state index in [1.165, 1.54) is 53.5 Å². The summed E-state index contributed by atoms with van der Waals surface area (Å²) in [5.41, 5.74) is 6.48. The van der Waals surface area contributed by atoms with Crippen LogP contribution in [0, 0.1) is 0 Å². The molecule has 4 rings (SSSR count). The van der Waals surface area contributed by atoms with Crippen molar-refractivity contribution in [2.45, 2.75) is 51.2 Å². The third-order valence-electron chi connectivity index (χ3n) is 5.83. The van der Waals surface area contributed by atoms with Gasteiger partial charge in [0.05, 0.1) is 0 Å². The molecule has 0 aromatic heterocycles. The van der Waals surface area contributed by atoms with Gasteiger partial charge in [-0.25, -0.2) is 0 Å². The topological polar surface area (TPSA) is 18.5 Å². The summed E-state index contributed by atoms with van der Waals surface area (Å²) < 4.78 is 11.4. The largest absolute Gasteiger partial charge is 0.353 e. The lowest BCUT2D eigenvalue weighted by Crippen LogP contribution is -2.22. The van der Waals surface area contributed by atoms with Gasteiger partial charge < -0.3 is 9.47 Å². The molecule has 0 amide bonds. The van der Waals surface area contributed by atoms with Gasteiger partial charge in [-0.1, -0.05) is 85.3 Å². The Morgan fingerprint density at radius 3 is 1.93 bits per heavy atom. The van der Waals surface area contributed by atoms with Gasteiger partial charge in [0.25, 0.3) is 0 Å². The smallest absolute Gasteiger partial charge is 0.157 e. The highest BCUT2D eigenvalue weighted by atomic mass is 16.7. The number of ether oxygens (including phenoxy) is 2. The number of hydrogen-bond donors (Lipinski definition) is 0. The molecule has 30 heavy (non-hydrogen) atoms. The highest BCUT2D eigenvalue weighted by molar-refractivity contribution is 5.70. The maximum atomic E-state index is 5.81. The van der Waals surface area contributed by atoms with Crippen molar-refractivity contribution in [3.63, 3.8) is 0 Å². The summed E-state index contributed by atoms with van der Waals surface area (Å²) in [6.07, 6.45) is 8.18. The van der Waals surface area contributed by atoms with Crippen molar-refractivity contribution in [3.8, 4) is 22.3 Å². The van der Waals surface area contributed by atoms with Crippen LogP contribution in [0.5, 0.6) is 0 Å². The lowest BCUT2D eigenvalue weighted by Gasteiger charge is -2.22. The Kier molecular flexibility index (Phi) is 7.71. The van der Waals surface area contributed by atoms with Crippen LogP contribution in [0.2, 0.25) is 0 Å². The molecule has 1 aliphatic rings. The highest BCUT2D eigenvalue weighted by Gasteiger charge is 2.13. The minimum absolute atomic E-state index is 0.0491. The summed E-state index contributed by atoms with van der Waals surface area (Å²) in [6, 6.07) is 28.4. The molecule has 0 aliphatic carbocycles. The average Bonchev–Trinajstić information content (AvgIpc) is 2.83. The van der Waals surface area contributed by atoms with E-state index in [4.69, 9.17) is 9.47 Å². The number of unbranched alkanes of at least 4 members (excludes halogenated alkanes) is 2. The molecule has 156 valence electrons. The number of aryl methyl sites for hydroxylation is 1. The van der Waals surface area contributed by atoms with E-state index in [2.05, 4.69) is 78.9 Å². The van der Waals surface area contributed by atoms with Crippen molar-refractivity contribution >= 4 is 0 Å². The molecule has 2 heteroatoms. The molecule has 0 N–H and O–H groups in total. The van der Waals surface area contributed by atoms with Gasteiger partial charge >= 0.3 is 0 Å². The third kappa shape index (κ3) is 6.04. The minimum atomic E-state index is 0.0491. The molecule has 3 aromatic carbocycles. The van der Waals surface area contributed by atoms with Crippen LogP contribution in [0.3, 0.4) is 0 Å². The second-order valence-electron chi connectivity index (χ2n) is 8.12. The molecular formula is C28H32O2. The molecule has 1 fully saturated rings. The first-order valence-electron chi connectivity index (χ1n) is 11.4. The van der Waals surface area contributed by atoms with E-state index in [1.807, 2.05) is 0 Å². The van der Waals surface area contributed by atoms with Crippen molar-refractivity contribution in [2.24, 2.45) is 0 Å². The zero-order chi connectivity index (χ0) is 20.4. The summed E-state index contributed by atoms with van der Waals surface area (Å²) in [5.74, 6) is 0. The van der Waals surface area contributed by atoms with Crippen LogP contribution in [0.4, 0.5) is 0 Å². The van der Waals surface area contributed by atoms with Gasteiger partial charge in [-0.3, -0.25) is 0 Å². The Morgan fingerprint density at radius 2 is 1.30 bits per heavy atom. The Balaban J connectivity index is 1.20. The van der Waals surface area contributed by atoms with Crippen LogP contribution in [0.1, 0.15) is 44.1 Å². The van der Waals surface area contributed by atoms with Crippen LogP contribution in [-0.4, -0.2) is 19.5 Å². The van der Waals surface area contributed by atoms with E-state index in [1.54, 1.807) is 0 Å². The summed E-state index contributed by atoms with van der Waals surface area (Å²) in [7, 11) is 0. The molecule has 0 bridgehead atoms. The van der Waals surface area contributed by atoms with Gasteiger partial charge in [0.1, 0.15) is 0 Å². The molecule has 1 heterocycles. The molecule has 0 saturated carbocycles. The molecule has 2 nitrogen and oxygen atoms in total. The van der Waals surface area contributed by atoms with Gasteiger partial charge in [0.15, 0.2) is 6.29 Å². The predicted octanol–water partition coefficient (Wildman–Crippen LogP) is 7.28. The fourth-order valence-electron chi connectivity index (χ4n) is 4.01. The monoisotopic (exact) mass is 400 g/mol. The third-order valence-corrected chi connectivity index (χ3v) is 5.83. The van der Waals surface area contributed by atoms with Crippen LogP contribution in [-0.2, 0) is 15.9 Å². The van der Waals surface area contributed by atoms with Crippen LogP contribution < -0.4 is 0 Å². The second-order valence-corrected chi connectivity index (χ2v) is 8.12. The first-order valence-corrected chi connectivity index (χ1v) is 11.4. The SMILES string of the molecule is c1ccc(-c2ccc(-c3ccc(CCCCCOC4CCCCO4)cc3)cc2)cc1. The lowest BCUT2D eigenvalue weighted by atomic mass is 9.98. The molecule has 0 spiro atoms. The van der Waals surface area contributed by atoms with Gasteiger partial charge in [-0.2, -0.15) is 0 Å². The Morgan fingerprint density at radius 1 is 0.667 bits per heavy atom. The van der Waals surface area contributed by atoms with Crippen molar-refractivity contribution in [1.29, 1.82) is 0 Å². The fraction of sp³-hybridized carbons (Fsp3) is 0.357. The summed E-state index contributed by atoms with van der Waals surface area (Å²) in [5, 5.41) is 0. The summed E-state index contributed by atoms with van der Waals surface area (Å²) >= 11 is 0. The van der Waals surface area contributed by atoms with Crippen molar-refractivity contribution in [3.05, 3.63) is 84.4 Å². The van der Waals surface area contributed by atoms with Crippen molar-refractivity contribution in [1.82, 2.24) is 0 Å². The molecule has 1 atom stereocenters. The normalized spacial score (nSPS) is 16.5. The quantitative estimate of drug-likeness (QED) is 0.351. The minimum Gasteiger partial charge on any atom is -0.353 e. The summed E-state index contributed by atoms with van der Waals surface area (Å²) in [4.78, 5) is 0. The zero-order valence-corrected chi connectivity index (χ0v) is 17.8. The average molecular weight is 401 g/mol. The van der Waals surface area contributed by atoms with Crippen LogP contribution >= 0.6 is 0 Å². The second kappa shape index (κ2) is 11.1. The van der Waals surface area contributed by atoms with Gasteiger partial charge in [-0.05, 0) is 66.3 Å². The van der Waals surface area contributed by atoms with E-state index in [-0.39, 0.29) is 6.29 Å². The van der Waals surface area contributed by atoms with Crippen LogP contribution in [0.15, 0.2) is 78.9 Å². The maximum Gasteiger partial charge on any atom is 0.157 e. The number of rotatable bonds is 9. The molecule has 0 radical (unpaired) electrons. The predicted molar refractivity (Wildman–Crippen MR) is 124 cm³/mol.